The fourth-order valence-corrected chi connectivity index (χ4v) is 1.60. The molecule has 16 heavy (non-hydrogen) atoms. The van der Waals surface area contributed by atoms with Crippen LogP contribution in [-0.4, -0.2) is 14.8 Å². The largest absolute Gasteiger partial charge is 0.383 e. The number of pyridine rings is 1. The smallest absolute Gasteiger partial charge is 0.141 e. The third-order valence-electron chi connectivity index (χ3n) is 2.40. The van der Waals surface area contributed by atoms with Crippen LogP contribution < -0.4 is 5.73 Å². The van der Waals surface area contributed by atoms with Gasteiger partial charge < -0.3 is 5.73 Å². The summed E-state index contributed by atoms with van der Waals surface area (Å²) in [5.41, 5.74) is 8.62. The monoisotopic (exact) mass is 236 g/mol. The van der Waals surface area contributed by atoms with Crippen LogP contribution in [0.3, 0.4) is 0 Å². The zero-order chi connectivity index (χ0) is 11.7. The molecule has 0 fully saturated rings. The number of anilines is 1. The molecule has 0 aliphatic heterocycles. The van der Waals surface area contributed by atoms with Gasteiger partial charge in [-0.25, -0.2) is 4.68 Å². The highest BCUT2D eigenvalue weighted by molar-refractivity contribution is 6.33. The topological polar surface area (TPSA) is 56.7 Å². The van der Waals surface area contributed by atoms with Crippen molar-refractivity contribution in [3.8, 4) is 0 Å². The summed E-state index contributed by atoms with van der Waals surface area (Å²) in [5, 5.41) is 4.79. The Morgan fingerprint density at radius 3 is 2.62 bits per heavy atom. The number of aromatic nitrogens is 3. The van der Waals surface area contributed by atoms with Gasteiger partial charge >= 0.3 is 0 Å². The van der Waals surface area contributed by atoms with Crippen molar-refractivity contribution < 1.29 is 0 Å². The van der Waals surface area contributed by atoms with E-state index < -0.39 is 0 Å². The number of nitrogens with zero attached hydrogens (tertiary/aromatic N) is 3. The summed E-state index contributed by atoms with van der Waals surface area (Å²) in [6, 6.07) is 3.97. The molecule has 0 aliphatic carbocycles. The summed E-state index contributed by atoms with van der Waals surface area (Å²) in [6.45, 7) is 4.38. The Labute approximate surface area is 99.1 Å². The molecule has 2 rings (SSSR count). The number of rotatable bonds is 2. The molecule has 5 heteroatoms. The molecular weight excluding hydrogens is 224 g/mol. The summed E-state index contributed by atoms with van der Waals surface area (Å²) in [5.74, 6) is 0.500. The van der Waals surface area contributed by atoms with E-state index in [9.17, 15) is 0 Å². The van der Waals surface area contributed by atoms with Crippen molar-refractivity contribution in [3.05, 3.63) is 40.3 Å². The lowest BCUT2D eigenvalue weighted by atomic mass is 10.2. The normalized spacial score (nSPS) is 10.7. The quantitative estimate of drug-likeness (QED) is 0.870. The number of nitrogens with two attached hydrogens (primary N) is 1. The van der Waals surface area contributed by atoms with Gasteiger partial charge in [0.2, 0.25) is 0 Å². The molecule has 0 amide bonds. The van der Waals surface area contributed by atoms with Gasteiger partial charge in [0.1, 0.15) is 10.8 Å². The second-order valence-electron chi connectivity index (χ2n) is 3.75. The van der Waals surface area contributed by atoms with E-state index in [4.69, 9.17) is 17.3 Å². The standard InChI is InChI=1S/C11H13ClN4/c1-7-3-4-9(5-14-7)6-16-11(13)10(12)8(2)15-16/h3-5H,6,13H2,1-2H3. The average molecular weight is 237 g/mol. The van der Waals surface area contributed by atoms with Crippen molar-refractivity contribution in [3.63, 3.8) is 0 Å². The Balaban J connectivity index is 2.27. The first-order valence-corrected chi connectivity index (χ1v) is 5.35. The first-order chi connectivity index (χ1) is 7.58. The highest BCUT2D eigenvalue weighted by atomic mass is 35.5. The Bertz CT molecular complexity index is 501. The van der Waals surface area contributed by atoms with Crippen molar-refractivity contribution >= 4 is 17.4 Å². The van der Waals surface area contributed by atoms with Crippen LogP contribution in [0.15, 0.2) is 18.3 Å². The Morgan fingerprint density at radius 2 is 2.12 bits per heavy atom. The number of halogens is 1. The van der Waals surface area contributed by atoms with Crippen LogP contribution in [0.2, 0.25) is 5.02 Å². The van der Waals surface area contributed by atoms with Crippen LogP contribution in [0.1, 0.15) is 17.0 Å². The van der Waals surface area contributed by atoms with Gasteiger partial charge in [-0.05, 0) is 25.5 Å². The van der Waals surface area contributed by atoms with Crippen molar-refractivity contribution in [2.75, 3.05) is 5.73 Å². The lowest BCUT2D eigenvalue weighted by Gasteiger charge is -2.04. The molecule has 0 spiro atoms. The van der Waals surface area contributed by atoms with Crippen LogP contribution in [0, 0.1) is 13.8 Å². The third kappa shape index (κ3) is 2.02. The minimum atomic E-state index is 0.500. The average Bonchev–Trinajstić information content (AvgIpc) is 2.50. The van der Waals surface area contributed by atoms with Crippen molar-refractivity contribution in [2.24, 2.45) is 0 Å². The zero-order valence-corrected chi connectivity index (χ0v) is 9.99. The van der Waals surface area contributed by atoms with Crippen LogP contribution >= 0.6 is 11.6 Å². The summed E-state index contributed by atoms with van der Waals surface area (Å²) in [6.07, 6.45) is 1.82. The van der Waals surface area contributed by atoms with Gasteiger partial charge in [-0.3, -0.25) is 4.98 Å². The molecule has 0 saturated heterocycles. The molecule has 2 heterocycles. The summed E-state index contributed by atoms with van der Waals surface area (Å²) >= 11 is 5.97. The minimum Gasteiger partial charge on any atom is -0.383 e. The highest BCUT2D eigenvalue weighted by Crippen LogP contribution is 2.22. The zero-order valence-electron chi connectivity index (χ0n) is 9.24. The van der Waals surface area contributed by atoms with Gasteiger partial charge in [-0.1, -0.05) is 17.7 Å². The predicted octanol–water partition coefficient (Wildman–Crippen LogP) is 2.18. The molecule has 0 saturated carbocycles. The molecule has 0 radical (unpaired) electrons. The van der Waals surface area contributed by atoms with Crippen LogP contribution in [-0.2, 0) is 6.54 Å². The molecule has 0 aliphatic rings. The number of hydrogen-bond donors (Lipinski definition) is 1. The minimum absolute atomic E-state index is 0.500. The van der Waals surface area contributed by atoms with Gasteiger partial charge in [0, 0.05) is 11.9 Å². The second-order valence-corrected chi connectivity index (χ2v) is 4.13. The lowest BCUT2D eigenvalue weighted by molar-refractivity contribution is 0.687. The van der Waals surface area contributed by atoms with Crippen molar-refractivity contribution in [2.45, 2.75) is 20.4 Å². The number of nitrogen functional groups attached to an aromatic ring is 1. The van der Waals surface area contributed by atoms with E-state index in [-0.39, 0.29) is 0 Å². The van der Waals surface area contributed by atoms with Gasteiger partial charge in [0.15, 0.2) is 0 Å². The maximum absolute atomic E-state index is 5.97. The molecule has 0 unspecified atom stereocenters. The Morgan fingerprint density at radius 1 is 1.38 bits per heavy atom. The Kier molecular flexibility index (Phi) is 2.83. The van der Waals surface area contributed by atoms with E-state index in [2.05, 4.69) is 10.1 Å². The number of aryl methyl sites for hydroxylation is 2. The van der Waals surface area contributed by atoms with E-state index in [1.165, 1.54) is 0 Å². The van der Waals surface area contributed by atoms with Gasteiger partial charge in [0.25, 0.3) is 0 Å². The van der Waals surface area contributed by atoms with Crippen LogP contribution in [0.5, 0.6) is 0 Å². The first kappa shape index (κ1) is 11.0. The van der Waals surface area contributed by atoms with Gasteiger partial charge in [-0.2, -0.15) is 5.10 Å². The molecule has 0 atom stereocenters. The molecule has 2 aromatic rings. The fraction of sp³-hybridized carbons (Fsp3) is 0.273. The predicted molar refractivity (Wildman–Crippen MR) is 64.5 cm³/mol. The van der Waals surface area contributed by atoms with E-state index in [1.54, 1.807) is 4.68 Å². The van der Waals surface area contributed by atoms with E-state index in [0.29, 0.717) is 17.4 Å². The van der Waals surface area contributed by atoms with Crippen molar-refractivity contribution in [1.82, 2.24) is 14.8 Å². The van der Waals surface area contributed by atoms with E-state index >= 15 is 0 Å². The second kappa shape index (κ2) is 4.14. The third-order valence-corrected chi connectivity index (χ3v) is 2.86. The number of hydrogen-bond acceptors (Lipinski definition) is 3. The fourth-order valence-electron chi connectivity index (χ4n) is 1.46. The van der Waals surface area contributed by atoms with E-state index in [0.717, 1.165) is 17.0 Å². The van der Waals surface area contributed by atoms with E-state index in [1.807, 2.05) is 32.2 Å². The lowest BCUT2D eigenvalue weighted by Crippen LogP contribution is -2.06. The molecule has 84 valence electrons. The van der Waals surface area contributed by atoms with Crippen LogP contribution in [0.4, 0.5) is 5.82 Å². The van der Waals surface area contributed by atoms with Gasteiger partial charge in [-0.15, -0.1) is 0 Å². The van der Waals surface area contributed by atoms with Crippen LogP contribution in [0.25, 0.3) is 0 Å². The molecular formula is C11H13ClN4. The maximum Gasteiger partial charge on any atom is 0.141 e. The van der Waals surface area contributed by atoms with Gasteiger partial charge in [0.05, 0.1) is 12.2 Å². The molecule has 2 N–H and O–H groups in total. The Hall–Kier alpha value is -1.55. The molecule has 0 bridgehead atoms. The first-order valence-electron chi connectivity index (χ1n) is 4.98. The van der Waals surface area contributed by atoms with Crippen molar-refractivity contribution in [1.29, 1.82) is 0 Å². The molecule has 2 aromatic heterocycles. The molecule has 4 nitrogen and oxygen atoms in total. The summed E-state index contributed by atoms with van der Waals surface area (Å²) < 4.78 is 1.68. The summed E-state index contributed by atoms with van der Waals surface area (Å²) in [7, 11) is 0. The SMILES string of the molecule is Cc1ccc(Cn2nc(C)c(Cl)c2N)cn1. The maximum atomic E-state index is 5.97. The summed E-state index contributed by atoms with van der Waals surface area (Å²) in [4.78, 5) is 4.22. The highest BCUT2D eigenvalue weighted by Gasteiger charge is 2.10. The molecule has 0 aromatic carbocycles.